The summed E-state index contributed by atoms with van der Waals surface area (Å²) in [5, 5.41) is 4.20. The molecular weight excluding hydrogens is 230 g/mol. The van der Waals surface area contributed by atoms with Crippen LogP contribution in [-0.4, -0.2) is 14.6 Å². The fourth-order valence-corrected chi connectivity index (χ4v) is 1.86. The SMILES string of the molecule is Brc1cnn2cc(C3CC3)cnc12. The van der Waals surface area contributed by atoms with Crippen molar-refractivity contribution in [1.82, 2.24) is 14.6 Å². The fraction of sp³-hybridized carbons (Fsp3) is 0.333. The maximum absolute atomic E-state index is 4.36. The lowest BCUT2D eigenvalue weighted by Crippen LogP contribution is -1.92. The fourth-order valence-electron chi connectivity index (χ4n) is 1.49. The summed E-state index contributed by atoms with van der Waals surface area (Å²) in [6, 6.07) is 0. The molecule has 0 N–H and O–H groups in total. The molecular formula is C9H8BrN3. The molecule has 0 aromatic carbocycles. The van der Waals surface area contributed by atoms with E-state index in [4.69, 9.17) is 0 Å². The van der Waals surface area contributed by atoms with E-state index >= 15 is 0 Å². The average Bonchev–Trinajstić information content (AvgIpc) is 2.93. The monoisotopic (exact) mass is 237 g/mol. The molecule has 0 bridgehead atoms. The second-order valence-electron chi connectivity index (χ2n) is 3.42. The number of nitrogens with zero attached hydrogens (tertiary/aromatic N) is 3. The molecule has 1 fully saturated rings. The van der Waals surface area contributed by atoms with Gasteiger partial charge in [0.25, 0.3) is 0 Å². The molecule has 1 saturated carbocycles. The number of rotatable bonds is 1. The second kappa shape index (κ2) is 2.54. The van der Waals surface area contributed by atoms with Crippen LogP contribution in [0.1, 0.15) is 24.3 Å². The van der Waals surface area contributed by atoms with E-state index in [9.17, 15) is 0 Å². The van der Waals surface area contributed by atoms with Crippen LogP contribution in [0.4, 0.5) is 0 Å². The molecule has 0 atom stereocenters. The minimum Gasteiger partial charge on any atom is -0.236 e. The summed E-state index contributed by atoms with van der Waals surface area (Å²) in [4.78, 5) is 4.36. The largest absolute Gasteiger partial charge is 0.236 e. The number of halogens is 1. The van der Waals surface area contributed by atoms with E-state index in [-0.39, 0.29) is 0 Å². The van der Waals surface area contributed by atoms with Crippen molar-refractivity contribution < 1.29 is 0 Å². The predicted molar refractivity (Wildman–Crippen MR) is 52.7 cm³/mol. The van der Waals surface area contributed by atoms with E-state index in [0.717, 1.165) is 16.0 Å². The van der Waals surface area contributed by atoms with Crippen LogP contribution in [0.2, 0.25) is 0 Å². The third kappa shape index (κ3) is 1.16. The molecule has 2 heterocycles. The molecule has 0 unspecified atom stereocenters. The first-order chi connectivity index (χ1) is 6.34. The van der Waals surface area contributed by atoms with Gasteiger partial charge in [0, 0.05) is 12.4 Å². The van der Waals surface area contributed by atoms with Crippen LogP contribution in [0, 0.1) is 0 Å². The first-order valence-electron chi connectivity index (χ1n) is 4.33. The third-order valence-corrected chi connectivity index (χ3v) is 2.94. The van der Waals surface area contributed by atoms with Crippen molar-refractivity contribution >= 4 is 21.6 Å². The molecule has 0 amide bonds. The van der Waals surface area contributed by atoms with E-state index in [0.29, 0.717) is 0 Å². The molecule has 0 spiro atoms. The van der Waals surface area contributed by atoms with Gasteiger partial charge in [-0.2, -0.15) is 5.10 Å². The molecule has 4 heteroatoms. The maximum atomic E-state index is 4.36. The Bertz CT molecular complexity index is 459. The Morgan fingerprint density at radius 2 is 2.23 bits per heavy atom. The highest BCUT2D eigenvalue weighted by atomic mass is 79.9. The maximum Gasteiger partial charge on any atom is 0.169 e. The quantitative estimate of drug-likeness (QED) is 0.763. The first kappa shape index (κ1) is 7.50. The molecule has 2 aromatic rings. The van der Waals surface area contributed by atoms with Gasteiger partial charge in [-0.3, -0.25) is 0 Å². The first-order valence-corrected chi connectivity index (χ1v) is 5.12. The summed E-state index contributed by atoms with van der Waals surface area (Å²) in [5.74, 6) is 0.736. The van der Waals surface area contributed by atoms with Crippen molar-refractivity contribution in [2.75, 3.05) is 0 Å². The van der Waals surface area contributed by atoms with Gasteiger partial charge in [-0.25, -0.2) is 9.50 Å². The average molecular weight is 238 g/mol. The summed E-state index contributed by atoms with van der Waals surface area (Å²) in [7, 11) is 0. The molecule has 66 valence electrons. The normalized spacial score (nSPS) is 16.7. The van der Waals surface area contributed by atoms with E-state index in [2.05, 4.69) is 32.2 Å². The van der Waals surface area contributed by atoms with Crippen molar-refractivity contribution in [3.05, 3.63) is 28.6 Å². The van der Waals surface area contributed by atoms with Crippen molar-refractivity contribution in [1.29, 1.82) is 0 Å². The number of fused-ring (bicyclic) bond motifs is 1. The Hall–Kier alpha value is -0.900. The third-order valence-electron chi connectivity index (χ3n) is 2.38. The Morgan fingerprint density at radius 3 is 3.00 bits per heavy atom. The van der Waals surface area contributed by atoms with Gasteiger partial charge in [0.1, 0.15) is 0 Å². The van der Waals surface area contributed by atoms with Gasteiger partial charge in [0.05, 0.1) is 10.7 Å². The molecule has 1 aliphatic carbocycles. The highest BCUT2D eigenvalue weighted by molar-refractivity contribution is 9.10. The van der Waals surface area contributed by atoms with Crippen LogP contribution < -0.4 is 0 Å². The zero-order valence-electron chi connectivity index (χ0n) is 6.94. The van der Waals surface area contributed by atoms with Gasteiger partial charge in [0.15, 0.2) is 5.65 Å². The summed E-state index contributed by atoms with van der Waals surface area (Å²) in [5.41, 5.74) is 2.20. The van der Waals surface area contributed by atoms with Crippen LogP contribution >= 0.6 is 15.9 Å². The minimum atomic E-state index is 0.736. The zero-order valence-corrected chi connectivity index (χ0v) is 8.53. The van der Waals surface area contributed by atoms with Gasteiger partial charge in [-0.15, -0.1) is 0 Å². The Labute approximate surface area is 83.9 Å². The van der Waals surface area contributed by atoms with E-state index in [1.807, 2.05) is 10.7 Å². The van der Waals surface area contributed by atoms with E-state index in [1.54, 1.807) is 6.20 Å². The number of aromatic nitrogens is 3. The van der Waals surface area contributed by atoms with Crippen molar-refractivity contribution in [3.63, 3.8) is 0 Å². The van der Waals surface area contributed by atoms with E-state index in [1.165, 1.54) is 18.4 Å². The van der Waals surface area contributed by atoms with Crippen LogP contribution in [0.25, 0.3) is 5.65 Å². The number of hydrogen-bond donors (Lipinski definition) is 0. The number of hydrogen-bond acceptors (Lipinski definition) is 2. The van der Waals surface area contributed by atoms with Crippen molar-refractivity contribution in [2.45, 2.75) is 18.8 Å². The van der Waals surface area contributed by atoms with Crippen LogP contribution in [0.15, 0.2) is 23.1 Å². The van der Waals surface area contributed by atoms with Crippen molar-refractivity contribution in [2.24, 2.45) is 0 Å². The second-order valence-corrected chi connectivity index (χ2v) is 4.28. The smallest absolute Gasteiger partial charge is 0.169 e. The molecule has 3 rings (SSSR count). The summed E-state index contributed by atoms with van der Waals surface area (Å²) in [6.07, 6.45) is 8.41. The molecule has 1 aliphatic rings. The Morgan fingerprint density at radius 1 is 1.38 bits per heavy atom. The lowest BCUT2D eigenvalue weighted by atomic mass is 10.2. The molecule has 0 saturated heterocycles. The molecule has 13 heavy (non-hydrogen) atoms. The molecule has 3 nitrogen and oxygen atoms in total. The molecule has 0 radical (unpaired) electrons. The lowest BCUT2D eigenvalue weighted by Gasteiger charge is -1.97. The topological polar surface area (TPSA) is 30.2 Å². The highest BCUT2D eigenvalue weighted by Gasteiger charge is 2.24. The van der Waals surface area contributed by atoms with Gasteiger partial charge >= 0.3 is 0 Å². The Balaban J connectivity index is 2.21. The van der Waals surface area contributed by atoms with Crippen LogP contribution in [0.5, 0.6) is 0 Å². The summed E-state index contributed by atoms with van der Waals surface area (Å²) < 4.78 is 2.78. The standard InChI is InChI=1S/C9H8BrN3/c10-8-4-12-13-5-7(6-1-2-6)3-11-9(8)13/h3-6H,1-2H2. The van der Waals surface area contributed by atoms with Gasteiger partial charge in [-0.1, -0.05) is 0 Å². The predicted octanol–water partition coefficient (Wildman–Crippen LogP) is 2.37. The molecule has 2 aromatic heterocycles. The summed E-state index contributed by atoms with van der Waals surface area (Å²) in [6.45, 7) is 0. The molecule has 0 aliphatic heterocycles. The van der Waals surface area contributed by atoms with Gasteiger partial charge in [0.2, 0.25) is 0 Å². The summed E-state index contributed by atoms with van der Waals surface area (Å²) >= 11 is 3.40. The lowest BCUT2D eigenvalue weighted by molar-refractivity contribution is 0.907. The highest BCUT2D eigenvalue weighted by Crippen LogP contribution is 2.39. The minimum absolute atomic E-state index is 0.736. The Kier molecular flexibility index (Phi) is 1.47. The zero-order chi connectivity index (χ0) is 8.84. The van der Waals surface area contributed by atoms with Crippen LogP contribution in [-0.2, 0) is 0 Å². The van der Waals surface area contributed by atoms with Crippen LogP contribution in [0.3, 0.4) is 0 Å². The van der Waals surface area contributed by atoms with E-state index < -0.39 is 0 Å². The van der Waals surface area contributed by atoms with Gasteiger partial charge in [-0.05, 0) is 40.3 Å². The van der Waals surface area contributed by atoms with Crippen molar-refractivity contribution in [3.8, 4) is 0 Å². The van der Waals surface area contributed by atoms with Gasteiger partial charge < -0.3 is 0 Å².